The molecule has 1 fully saturated rings. The van der Waals surface area contributed by atoms with Crippen LogP contribution in [0.1, 0.15) is 37.7 Å². The van der Waals surface area contributed by atoms with E-state index in [0.717, 1.165) is 31.2 Å². The fourth-order valence-electron chi connectivity index (χ4n) is 2.81. The number of carbonyl (C=O) groups is 1. The summed E-state index contributed by atoms with van der Waals surface area (Å²) in [7, 11) is 1.60. The van der Waals surface area contributed by atoms with Gasteiger partial charge in [0.1, 0.15) is 11.5 Å². The number of ketones is 1. The van der Waals surface area contributed by atoms with Crippen LogP contribution >= 0.6 is 11.6 Å². The Balaban J connectivity index is 2.04. The average molecular weight is 282 g/mol. The summed E-state index contributed by atoms with van der Waals surface area (Å²) in [4.78, 5) is 12.2. The molecular formula is C15H20ClNO2. The van der Waals surface area contributed by atoms with E-state index in [0.29, 0.717) is 23.6 Å². The summed E-state index contributed by atoms with van der Waals surface area (Å²) in [6, 6.07) is 5.34. The highest BCUT2D eigenvalue weighted by molar-refractivity contribution is 6.30. The number of rotatable bonds is 5. The second-order valence-corrected chi connectivity index (χ2v) is 5.85. The molecule has 0 aliphatic heterocycles. The van der Waals surface area contributed by atoms with Crippen molar-refractivity contribution in [1.29, 1.82) is 0 Å². The first kappa shape index (κ1) is 14.4. The van der Waals surface area contributed by atoms with Crippen LogP contribution in [0.2, 0.25) is 5.02 Å². The minimum Gasteiger partial charge on any atom is -0.496 e. The summed E-state index contributed by atoms with van der Waals surface area (Å²) >= 11 is 5.96. The monoisotopic (exact) mass is 281 g/mol. The van der Waals surface area contributed by atoms with E-state index in [9.17, 15) is 4.79 Å². The highest BCUT2D eigenvalue weighted by Gasteiger charge is 2.31. The highest BCUT2D eigenvalue weighted by Crippen LogP contribution is 2.31. The molecule has 0 aromatic heterocycles. The first-order valence-electron chi connectivity index (χ1n) is 6.65. The number of hydrogen-bond acceptors (Lipinski definition) is 3. The summed E-state index contributed by atoms with van der Waals surface area (Å²) in [5.74, 6) is 0.861. The molecule has 0 saturated heterocycles. The second-order valence-electron chi connectivity index (χ2n) is 5.42. The third kappa shape index (κ3) is 3.71. The van der Waals surface area contributed by atoms with Gasteiger partial charge in [0.2, 0.25) is 0 Å². The van der Waals surface area contributed by atoms with Gasteiger partial charge in [0.25, 0.3) is 0 Å². The average Bonchev–Trinajstić information content (AvgIpc) is 2.75. The smallest absolute Gasteiger partial charge is 0.139 e. The predicted molar refractivity (Wildman–Crippen MR) is 76.7 cm³/mol. The van der Waals surface area contributed by atoms with Gasteiger partial charge in [0.15, 0.2) is 0 Å². The van der Waals surface area contributed by atoms with E-state index in [1.807, 2.05) is 0 Å². The zero-order valence-electron chi connectivity index (χ0n) is 11.2. The number of methoxy groups -OCH3 is 1. The van der Waals surface area contributed by atoms with Crippen molar-refractivity contribution in [3.63, 3.8) is 0 Å². The van der Waals surface area contributed by atoms with Crippen molar-refractivity contribution in [3.05, 3.63) is 28.8 Å². The first-order chi connectivity index (χ1) is 9.02. The Bertz CT molecular complexity index is 467. The highest BCUT2D eigenvalue weighted by atomic mass is 35.5. The summed E-state index contributed by atoms with van der Waals surface area (Å²) in [5.41, 5.74) is 6.78. The van der Waals surface area contributed by atoms with Gasteiger partial charge in [-0.2, -0.15) is 0 Å². The molecule has 0 radical (unpaired) electrons. The lowest BCUT2D eigenvalue weighted by atomic mass is 9.90. The van der Waals surface area contributed by atoms with Crippen molar-refractivity contribution in [2.24, 2.45) is 5.73 Å². The molecule has 1 aliphatic rings. The zero-order valence-corrected chi connectivity index (χ0v) is 12.0. The van der Waals surface area contributed by atoms with E-state index >= 15 is 0 Å². The third-order valence-corrected chi connectivity index (χ3v) is 4.01. The number of Topliss-reactive ketones (excluding diaryl/α,β-unsaturated/α-hetero) is 1. The van der Waals surface area contributed by atoms with E-state index < -0.39 is 0 Å². The molecule has 3 nitrogen and oxygen atoms in total. The SMILES string of the molecule is COc1ccc(Cl)cc1CC(=O)CC1(N)CCCC1. The number of hydrogen-bond donors (Lipinski definition) is 1. The summed E-state index contributed by atoms with van der Waals surface area (Å²) in [5, 5.41) is 0.618. The van der Waals surface area contributed by atoms with Gasteiger partial charge in [0.05, 0.1) is 7.11 Å². The topological polar surface area (TPSA) is 52.3 Å². The van der Waals surface area contributed by atoms with E-state index in [1.165, 1.54) is 0 Å². The van der Waals surface area contributed by atoms with Crippen molar-refractivity contribution < 1.29 is 9.53 Å². The normalized spacial score (nSPS) is 17.4. The number of benzene rings is 1. The maximum Gasteiger partial charge on any atom is 0.139 e. The molecule has 0 atom stereocenters. The molecule has 0 bridgehead atoms. The third-order valence-electron chi connectivity index (χ3n) is 3.78. The minimum absolute atomic E-state index is 0.157. The molecule has 1 aromatic carbocycles. The number of nitrogens with two attached hydrogens (primary N) is 1. The van der Waals surface area contributed by atoms with Crippen LogP contribution in [0.4, 0.5) is 0 Å². The van der Waals surface area contributed by atoms with Gasteiger partial charge < -0.3 is 10.5 Å². The molecule has 0 amide bonds. The van der Waals surface area contributed by atoms with Gasteiger partial charge in [-0.1, -0.05) is 24.4 Å². The molecule has 1 saturated carbocycles. The lowest BCUT2D eigenvalue weighted by Crippen LogP contribution is -2.39. The summed E-state index contributed by atoms with van der Waals surface area (Å²) < 4.78 is 5.25. The lowest BCUT2D eigenvalue weighted by molar-refractivity contribution is -0.119. The quantitative estimate of drug-likeness (QED) is 0.902. The fourth-order valence-corrected chi connectivity index (χ4v) is 3.00. The van der Waals surface area contributed by atoms with E-state index in [4.69, 9.17) is 22.1 Å². The first-order valence-corrected chi connectivity index (χ1v) is 7.03. The standard InChI is InChI=1S/C15H20ClNO2/c1-19-14-5-4-12(16)8-11(14)9-13(18)10-15(17)6-2-3-7-15/h4-5,8H,2-3,6-7,9-10,17H2,1H3. The molecule has 104 valence electrons. The molecule has 1 aliphatic carbocycles. The zero-order chi connectivity index (χ0) is 13.9. The summed E-state index contributed by atoms with van der Waals surface area (Å²) in [6.07, 6.45) is 4.94. The molecule has 0 spiro atoms. The molecule has 0 heterocycles. The van der Waals surface area contributed by atoms with Gasteiger partial charge in [-0.25, -0.2) is 0 Å². The van der Waals surface area contributed by atoms with E-state index in [2.05, 4.69) is 0 Å². The largest absolute Gasteiger partial charge is 0.496 e. The van der Waals surface area contributed by atoms with Gasteiger partial charge in [-0.3, -0.25) is 4.79 Å². The Morgan fingerprint density at radius 3 is 2.74 bits per heavy atom. The van der Waals surface area contributed by atoms with E-state index in [1.54, 1.807) is 25.3 Å². The number of halogens is 1. The molecule has 19 heavy (non-hydrogen) atoms. The Hall–Kier alpha value is -1.06. The maximum absolute atomic E-state index is 12.2. The van der Waals surface area contributed by atoms with Crippen LogP contribution in [0.5, 0.6) is 5.75 Å². The Morgan fingerprint density at radius 1 is 1.42 bits per heavy atom. The van der Waals surface area contributed by atoms with Crippen molar-refractivity contribution in [1.82, 2.24) is 0 Å². The van der Waals surface area contributed by atoms with Gasteiger partial charge in [-0.05, 0) is 31.0 Å². The Morgan fingerprint density at radius 2 is 2.11 bits per heavy atom. The molecule has 2 rings (SSSR count). The molecule has 0 unspecified atom stereocenters. The number of ether oxygens (including phenoxy) is 1. The van der Waals surface area contributed by atoms with Gasteiger partial charge >= 0.3 is 0 Å². The van der Waals surface area contributed by atoms with Crippen LogP contribution < -0.4 is 10.5 Å². The Labute approximate surface area is 119 Å². The van der Waals surface area contributed by atoms with Crippen molar-refractivity contribution >= 4 is 17.4 Å². The molecule has 2 N–H and O–H groups in total. The van der Waals surface area contributed by atoms with Crippen LogP contribution in [0.25, 0.3) is 0 Å². The van der Waals surface area contributed by atoms with Crippen LogP contribution in [0, 0.1) is 0 Å². The van der Waals surface area contributed by atoms with E-state index in [-0.39, 0.29) is 11.3 Å². The molecule has 4 heteroatoms. The van der Waals surface area contributed by atoms with Gasteiger partial charge in [0, 0.05) is 29.0 Å². The lowest BCUT2D eigenvalue weighted by Gasteiger charge is -2.22. The second kappa shape index (κ2) is 5.93. The number of carbonyl (C=O) groups excluding carboxylic acids is 1. The predicted octanol–water partition coefficient (Wildman–Crippen LogP) is 3.12. The van der Waals surface area contributed by atoms with Crippen LogP contribution in [-0.4, -0.2) is 18.4 Å². The maximum atomic E-state index is 12.2. The van der Waals surface area contributed by atoms with Crippen molar-refractivity contribution in [2.45, 2.75) is 44.1 Å². The van der Waals surface area contributed by atoms with Crippen molar-refractivity contribution in [2.75, 3.05) is 7.11 Å². The van der Waals surface area contributed by atoms with Gasteiger partial charge in [-0.15, -0.1) is 0 Å². The fraction of sp³-hybridized carbons (Fsp3) is 0.533. The molecule has 1 aromatic rings. The van der Waals surface area contributed by atoms with Crippen LogP contribution in [0.15, 0.2) is 18.2 Å². The molecular weight excluding hydrogens is 262 g/mol. The summed E-state index contributed by atoms with van der Waals surface area (Å²) in [6.45, 7) is 0. The van der Waals surface area contributed by atoms with Crippen LogP contribution in [0.3, 0.4) is 0 Å². The Kier molecular flexibility index (Phi) is 4.48. The van der Waals surface area contributed by atoms with Crippen LogP contribution in [-0.2, 0) is 11.2 Å². The minimum atomic E-state index is -0.289. The van der Waals surface area contributed by atoms with Crippen molar-refractivity contribution in [3.8, 4) is 5.75 Å².